The number of carbonyl (C=O) groups excluding carboxylic acids is 1. The van der Waals surface area contributed by atoms with Crippen LogP contribution >= 0.6 is 35.7 Å². The normalized spacial score (nSPS) is 14.3. The zero-order valence-electron chi connectivity index (χ0n) is 20.8. The average molecular weight is 545 g/mol. The van der Waals surface area contributed by atoms with Gasteiger partial charge in [-0.1, -0.05) is 6.07 Å². The molecule has 1 aliphatic rings. The van der Waals surface area contributed by atoms with Crippen molar-refractivity contribution >= 4 is 41.6 Å². The summed E-state index contributed by atoms with van der Waals surface area (Å²) in [7, 11) is 4.74. The van der Waals surface area contributed by atoms with Crippen LogP contribution in [0.3, 0.4) is 0 Å². The van der Waals surface area contributed by atoms with Crippen LogP contribution in [0.4, 0.5) is 0 Å². The van der Waals surface area contributed by atoms with Crippen molar-refractivity contribution in [3.05, 3.63) is 56.2 Å². The lowest BCUT2D eigenvalue weighted by Crippen LogP contribution is -2.30. The molecular formula is C26H28N2O5S3. The number of nitrogens with zero attached hydrogens (tertiary/aromatic N) is 1. The number of benzene rings is 1. The summed E-state index contributed by atoms with van der Waals surface area (Å²) in [5, 5.41) is 3.17. The molecule has 0 aliphatic heterocycles. The standard InChI is InChI=1S/C26H28N2O5S3/c1-13-21(36-26(34)27-13)12-22(30)28-17-8-6-14-10-19(31-2)24(32-3)25(33-4)23(14)15-7-9-20(35-5)18(29)11-16(15)17/h7,9-11,17H,6,8,12H2,1-5H3,(H,27,34)(H,28,30)/t17-/m0/s1. The fourth-order valence-corrected chi connectivity index (χ4v) is 6.33. The molecule has 0 spiro atoms. The lowest BCUT2D eigenvalue weighted by Gasteiger charge is -2.20. The van der Waals surface area contributed by atoms with Crippen LogP contribution in [0.5, 0.6) is 17.2 Å². The smallest absolute Gasteiger partial charge is 0.225 e. The van der Waals surface area contributed by atoms with Crippen LogP contribution in [0.15, 0.2) is 38.3 Å². The number of amides is 1. The molecule has 4 rings (SSSR count). The summed E-state index contributed by atoms with van der Waals surface area (Å²) in [5.74, 6) is 1.44. The van der Waals surface area contributed by atoms with Gasteiger partial charge in [0.25, 0.3) is 0 Å². The molecular weight excluding hydrogens is 516 g/mol. The number of thioether (sulfide) groups is 1. The molecule has 1 atom stereocenters. The molecule has 1 N–H and O–H groups in total. The minimum Gasteiger partial charge on any atom is -0.493 e. The van der Waals surface area contributed by atoms with Crippen molar-refractivity contribution in [2.45, 2.75) is 41.5 Å². The fraction of sp³-hybridized carbons (Fsp3) is 0.346. The van der Waals surface area contributed by atoms with Crippen LogP contribution in [0.2, 0.25) is 0 Å². The number of hydrogen-bond donors (Lipinski definition) is 2. The van der Waals surface area contributed by atoms with Gasteiger partial charge in [0.05, 0.1) is 44.4 Å². The molecule has 0 bridgehead atoms. The maximum absolute atomic E-state index is 13.1. The second-order valence-corrected chi connectivity index (χ2v) is 11.0. The molecule has 10 heteroatoms. The number of aromatic nitrogens is 1. The van der Waals surface area contributed by atoms with E-state index in [4.69, 9.17) is 14.2 Å². The van der Waals surface area contributed by atoms with E-state index in [2.05, 4.69) is 22.9 Å². The van der Waals surface area contributed by atoms with Gasteiger partial charge in [-0.15, -0.1) is 35.7 Å². The zero-order chi connectivity index (χ0) is 26.0. The Morgan fingerprint density at radius 2 is 1.94 bits per heavy atom. The third-order valence-corrected chi connectivity index (χ3v) is 8.37. The number of methoxy groups -OCH3 is 3. The first kappa shape index (κ1) is 26.4. The Balaban J connectivity index is 1.86. The lowest BCUT2D eigenvalue weighted by atomic mass is 9.95. The summed E-state index contributed by atoms with van der Waals surface area (Å²) in [5.41, 5.74) is 4.09. The van der Waals surface area contributed by atoms with Crippen LogP contribution in [-0.4, -0.2) is 38.5 Å². The van der Waals surface area contributed by atoms with E-state index in [0.29, 0.717) is 39.3 Å². The van der Waals surface area contributed by atoms with E-state index in [-0.39, 0.29) is 23.8 Å². The second kappa shape index (κ2) is 11.1. The van der Waals surface area contributed by atoms with Gasteiger partial charge < -0.3 is 19.5 Å². The van der Waals surface area contributed by atoms with Gasteiger partial charge in [0.1, 0.15) is 4.34 Å². The number of fused-ring (bicyclic) bond motifs is 3. The van der Waals surface area contributed by atoms with Crippen molar-refractivity contribution < 1.29 is 19.0 Å². The Labute approximate surface area is 224 Å². The minimum atomic E-state index is -0.375. The minimum absolute atomic E-state index is 0.0936. The molecule has 0 unspecified atom stereocenters. The van der Waals surface area contributed by atoms with Crippen molar-refractivity contribution in [2.24, 2.45) is 0 Å². The molecule has 3 aromatic rings. The summed E-state index contributed by atoms with van der Waals surface area (Å²) < 4.78 is 17.7. The molecule has 1 aliphatic carbocycles. The molecule has 2 aromatic carbocycles. The van der Waals surface area contributed by atoms with Gasteiger partial charge in [-0.2, -0.15) is 0 Å². The molecule has 0 saturated heterocycles. The highest BCUT2D eigenvalue weighted by molar-refractivity contribution is 7.98. The van der Waals surface area contributed by atoms with Gasteiger partial charge in [0, 0.05) is 10.4 Å². The number of nitrogens with one attached hydrogen (secondary N) is 1. The summed E-state index contributed by atoms with van der Waals surface area (Å²) in [6, 6.07) is 6.97. The highest BCUT2D eigenvalue weighted by Gasteiger charge is 2.30. The number of thiol groups is 1. The van der Waals surface area contributed by atoms with Crippen LogP contribution in [0, 0.1) is 6.92 Å². The highest BCUT2D eigenvalue weighted by Crippen LogP contribution is 2.50. The van der Waals surface area contributed by atoms with E-state index in [9.17, 15) is 9.59 Å². The van der Waals surface area contributed by atoms with Crippen molar-refractivity contribution in [3.63, 3.8) is 0 Å². The summed E-state index contributed by atoms with van der Waals surface area (Å²) >= 11 is 7.09. The molecule has 36 heavy (non-hydrogen) atoms. The topological polar surface area (TPSA) is 86.8 Å². The highest BCUT2D eigenvalue weighted by atomic mass is 32.2. The van der Waals surface area contributed by atoms with Crippen LogP contribution in [0.25, 0.3) is 11.1 Å². The third-order valence-electron chi connectivity index (χ3n) is 6.26. The first-order valence-electron chi connectivity index (χ1n) is 11.3. The molecule has 0 radical (unpaired) electrons. The first-order valence-corrected chi connectivity index (χ1v) is 13.8. The second-order valence-electron chi connectivity index (χ2n) is 8.30. The first-order chi connectivity index (χ1) is 17.3. The van der Waals surface area contributed by atoms with Crippen LogP contribution < -0.4 is 25.0 Å². The number of carbonyl (C=O) groups is 1. The zero-order valence-corrected chi connectivity index (χ0v) is 23.3. The van der Waals surface area contributed by atoms with Crippen LogP contribution in [-0.2, 0) is 17.6 Å². The molecule has 190 valence electrons. The van der Waals surface area contributed by atoms with E-state index in [1.165, 1.54) is 23.1 Å². The summed E-state index contributed by atoms with van der Waals surface area (Å²) in [4.78, 5) is 32.0. The van der Waals surface area contributed by atoms with Gasteiger partial charge in [0.15, 0.2) is 16.9 Å². The van der Waals surface area contributed by atoms with Gasteiger partial charge in [-0.3, -0.25) is 9.59 Å². The predicted molar refractivity (Wildman–Crippen MR) is 147 cm³/mol. The van der Waals surface area contributed by atoms with Gasteiger partial charge in [-0.05, 0) is 60.9 Å². The van der Waals surface area contributed by atoms with Crippen molar-refractivity contribution in [3.8, 4) is 28.4 Å². The Kier molecular flexibility index (Phi) is 8.17. The van der Waals surface area contributed by atoms with E-state index in [0.717, 1.165) is 32.8 Å². The van der Waals surface area contributed by atoms with E-state index < -0.39 is 0 Å². The SMILES string of the molecule is COc1cc2c(c(OC)c1OC)-c1ccc(SC)c(=O)cc1[C@@H](NC(=O)Cc1sc(S)nc1C)CC2. The quantitative estimate of drug-likeness (QED) is 0.324. The van der Waals surface area contributed by atoms with Gasteiger partial charge in [0.2, 0.25) is 11.7 Å². The Morgan fingerprint density at radius 1 is 1.19 bits per heavy atom. The molecule has 1 amide bonds. The number of hydrogen-bond acceptors (Lipinski definition) is 9. The molecule has 0 saturated carbocycles. The maximum Gasteiger partial charge on any atom is 0.225 e. The van der Waals surface area contributed by atoms with Gasteiger partial charge >= 0.3 is 0 Å². The summed E-state index contributed by atoms with van der Waals surface area (Å²) in [6.07, 6.45) is 3.31. The van der Waals surface area contributed by atoms with Crippen LogP contribution in [0.1, 0.15) is 34.2 Å². The number of aryl methyl sites for hydroxylation is 2. The number of rotatable bonds is 7. The van der Waals surface area contributed by atoms with Crippen molar-refractivity contribution in [2.75, 3.05) is 27.6 Å². The van der Waals surface area contributed by atoms with E-state index in [1.54, 1.807) is 27.4 Å². The summed E-state index contributed by atoms with van der Waals surface area (Å²) in [6.45, 7) is 1.87. The molecule has 1 aromatic heterocycles. The maximum atomic E-state index is 13.1. The average Bonchev–Trinajstić information content (AvgIpc) is 3.00. The molecule has 7 nitrogen and oxygen atoms in total. The molecule has 1 heterocycles. The Morgan fingerprint density at radius 3 is 2.56 bits per heavy atom. The Bertz CT molecular complexity index is 1370. The fourth-order valence-electron chi connectivity index (χ4n) is 4.58. The monoisotopic (exact) mass is 544 g/mol. The third kappa shape index (κ3) is 5.07. The van der Waals surface area contributed by atoms with Crippen molar-refractivity contribution in [1.82, 2.24) is 10.3 Å². The van der Waals surface area contributed by atoms with E-state index in [1.807, 2.05) is 31.4 Å². The predicted octanol–water partition coefficient (Wildman–Crippen LogP) is 4.86. The largest absolute Gasteiger partial charge is 0.493 e. The molecule has 0 fully saturated rings. The number of thiazole rings is 1. The Hall–Kier alpha value is -2.69. The van der Waals surface area contributed by atoms with E-state index >= 15 is 0 Å². The lowest BCUT2D eigenvalue weighted by molar-refractivity contribution is -0.121. The van der Waals surface area contributed by atoms with Gasteiger partial charge in [-0.25, -0.2) is 4.98 Å². The number of ether oxygens (including phenoxy) is 3. The van der Waals surface area contributed by atoms with Crippen molar-refractivity contribution in [1.29, 1.82) is 0 Å².